The zero-order valence-electron chi connectivity index (χ0n) is 13.2. The van der Waals surface area contributed by atoms with Gasteiger partial charge in [-0.25, -0.2) is 9.59 Å². The Balaban J connectivity index is 1.69. The monoisotopic (exact) mass is 337 g/mol. The number of nitrogens with one attached hydrogen (secondary N) is 1. The van der Waals surface area contributed by atoms with Gasteiger partial charge in [0.15, 0.2) is 0 Å². The number of amides is 1. The van der Waals surface area contributed by atoms with E-state index in [0.717, 1.165) is 18.4 Å². The first-order valence-electron chi connectivity index (χ1n) is 7.87. The summed E-state index contributed by atoms with van der Waals surface area (Å²) in [6.45, 7) is 0. The van der Waals surface area contributed by atoms with Crippen molar-refractivity contribution < 1.29 is 24.5 Å². The molecule has 1 amide bonds. The molecule has 0 saturated heterocycles. The SMILES string of the molecule is O=C(O)NC1(c2ccc(C(O)=C3C(=O)Oc4ccccc43)cc2)CC1. The molecule has 1 aliphatic heterocycles. The summed E-state index contributed by atoms with van der Waals surface area (Å²) < 4.78 is 5.16. The molecule has 0 aromatic heterocycles. The highest BCUT2D eigenvalue weighted by molar-refractivity contribution is 6.27. The maximum absolute atomic E-state index is 12.1. The van der Waals surface area contributed by atoms with Gasteiger partial charge in [-0.05, 0) is 24.5 Å². The Morgan fingerprint density at radius 1 is 1.04 bits per heavy atom. The third-order valence-corrected chi connectivity index (χ3v) is 4.61. The lowest BCUT2D eigenvalue weighted by Crippen LogP contribution is -2.33. The molecule has 6 nitrogen and oxygen atoms in total. The van der Waals surface area contributed by atoms with Crippen LogP contribution in [0.5, 0.6) is 5.75 Å². The summed E-state index contributed by atoms with van der Waals surface area (Å²) in [5.41, 5.74) is 1.46. The molecule has 0 spiro atoms. The molecular formula is C19H15NO5. The van der Waals surface area contributed by atoms with E-state index in [0.29, 0.717) is 16.9 Å². The number of benzene rings is 2. The van der Waals surface area contributed by atoms with Crippen molar-refractivity contribution in [2.75, 3.05) is 0 Å². The van der Waals surface area contributed by atoms with Gasteiger partial charge in [0.05, 0.1) is 5.54 Å². The Morgan fingerprint density at radius 3 is 2.36 bits per heavy atom. The number of carbonyl (C=O) groups excluding carboxylic acids is 1. The van der Waals surface area contributed by atoms with Crippen molar-refractivity contribution in [3.8, 4) is 5.75 Å². The molecule has 126 valence electrons. The summed E-state index contributed by atoms with van der Waals surface area (Å²) in [4.78, 5) is 23.0. The molecule has 6 heteroatoms. The van der Waals surface area contributed by atoms with Gasteiger partial charge < -0.3 is 20.3 Å². The van der Waals surface area contributed by atoms with Crippen molar-refractivity contribution in [3.05, 3.63) is 65.2 Å². The summed E-state index contributed by atoms with van der Waals surface area (Å²) in [5.74, 6) is -0.320. The van der Waals surface area contributed by atoms with Gasteiger partial charge in [-0.15, -0.1) is 0 Å². The number of carbonyl (C=O) groups is 2. The van der Waals surface area contributed by atoms with Gasteiger partial charge in [-0.3, -0.25) is 0 Å². The zero-order chi connectivity index (χ0) is 17.6. The van der Waals surface area contributed by atoms with E-state index in [-0.39, 0.29) is 11.3 Å². The fraction of sp³-hybridized carbons (Fsp3) is 0.158. The molecule has 2 aromatic rings. The molecule has 2 aromatic carbocycles. The predicted molar refractivity (Wildman–Crippen MR) is 90.0 cm³/mol. The van der Waals surface area contributed by atoms with Crippen LogP contribution in [-0.2, 0) is 10.3 Å². The Morgan fingerprint density at radius 2 is 1.72 bits per heavy atom. The molecule has 0 atom stereocenters. The molecule has 2 aliphatic rings. The summed E-state index contributed by atoms with van der Waals surface area (Å²) in [5, 5.41) is 22.0. The molecule has 0 unspecified atom stereocenters. The Bertz CT molecular complexity index is 910. The fourth-order valence-electron chi connectivity index (χ4n) is 3.15. The third kappa shape index (κ3) is 2.52. The van der Waals surface area contributed by atoms with Crippen molar-refractivity contribution in [2.45, 2.75) is 18.4 Å². The van der Waals surface area contributed by atoms with E-state index in [1.807, 2.05) is 0 Å². The third-order valence-electron chi connectivity index (χ3n) is 4.61. The Labute approximate surface area is 143 Å². The number of aliphatic hydroxyl groups excluding tert-OH is 1. The summed E-state index contributed by atoms with van der Waals surface area (Å²) in [7, 11) is 0. The van der Waals surface area contributed by atoms with E-state index in [1.54, 1.807) is 48.5 Å². The first kappa shape index (κ1) is 15.3. The van der Waals surface area contributed by atoms with Crippen LogP contribution in [-0.4, -0.2) is 22.3 Å². The summed E-state index contributed by atoms with van der Waals surface area (Å²) in [6.07, 6.45) is 0.425. The van der Waals surface area contributed by atoms with Crippen molar-refractivity contribution >= 4 is 23.4 Å². The van der Waals surface area contributed by atoms with E-state index in [1.165, 1.54) is 0 Å². The minimum atomic E-state index is -1.06. The lowest BCUT2D eigenvalue weighted by atomic mass is 9.99. The lowest BCUT2D eigenvalue weighted by Gasteiger charge is -2.16. The quantitative estimate of drug-likeness (QED) is 0.346. The number of rotatable bonds is 3. The van der Waals surface area contributed by atoms with Gasteiger partial charge in [0.1, 0.15) is 17.1 Å². The van der Waals surface area contributed by atoms with Gasteiger partial charge in [0.25, 0.3) is 0 Å². The van der Waals surface area contributed by atoms with E-state index >= 15 is 0 Å². The molecule has 1 heterocycles. The zero-order valence-corrected chi connectivity index (χ0v) is 13.2. The van der Waals surface area contributed by atoms with Crippen molar-refractivity contribution in [3.63, 3.8) is 0 Å². The first-order valence-corrected chi connectivity index (χ1v) is 7.87. The predicted octanol–water partition coefficient (Wildman–Crippen LogP) is 3.29. The summed E-state index contributed by atoms with van der Waals surface area (Å²) >= 11 is 0. The van der Waals surface area contributed by atoms with Gasteiger partial charge in [-0.1, -0.05) is 42.5 Å². The maximum Gasteiger partial charge on any atom is 0.405 e. The van der Waals surface area contributed by atoms with E-state index in [4.69, 9.17) is 9.84 Å². The largest absolute Gasteiger partial charge is 0.506 e. The second-order valence-corrected chi connectivity index (χ2v) is 6.20. The van der Waals surface area contributed by atoms with E-state index in [2.05, 4.69) is 5.32 Å². The second-order valence-electron chi connectivity index (χ2n) is 6.20. The minimum absolute atomic E-state index is 0.133. The maximum atomic E-state index is 12.1. The molecule has 0 bridgehead atoms. The molecule has 0 radical (unpaired) electrons. The van der Waals surface area contributed by atoms with Crippen molar-refractivity contribution in [1.82, 2.24) is 5.32 Å². The molecule has 1 fully saturated rings. The molecule has 3 N–H and O–H groups in total. The van der Waals surface area contributed by atoms with E-state index in [9.17, 15) is 14.7 Å². The Kier molecular flexibility index (Phi) is 3.28. The van der Waals surface area contributed by atoms with Crippen LogP contribution in [0, 0.1) is 0 Å². The van der Waals surface area contributed by atoms with E-state index < -0.39 is 17.6 Å². The van der Waals surface area contributed by atoms with Gasteiger partial charge >= 0.3 is 12.1 Å². The number of hydrogen-bond acceptors (Lipinski definition) is 4. The standard InChI is InChI=1S/C19H15NO5/c21-16(15-13-3-1-2-4-14(13)25-17(15)22)11-5-7-12(8-6-11)19(9-10-19)20-18(23)24/h1-8,20-21H,9-10H2,(H,23,24). The average molecular weight is 337 g/mol. The van der Waals surface area contributed by atoms with Crippen LogP contribution < -0.4 is 10.1 Å². The molecule has 1 aliphatic carbocycles. The van der Waals surface area contributed by atoms with Crippen LogP contribution in [0.3, 0.4) is 0 Å². The molecule has 1 saturated carbocycles. The van der Waals surface area contributed by atoms with Crippen molar-refractivity contribution in [2.24, 2.45) is 0 Å². The van der Waals surface area contributed by atoms with Crippen LogP contribution >= 0.6 is 0 Å². The average Bonchev–Trinajstić information content (AvgIpc) is 3.28. The highest BCUT2D eigenvalue weighted by Gasteiger charge is 2.45. The number of esters is 1. The highest BCUT2D eigenvalue weighted by Crippen LogP contribution is 2.46. The molecule has 4 rings (SSSR count). The number of carboxylic acid groups (broad SMARTS) is 1. The lowest BCUT2D eigenvalue weighted by molar-refractivity contribution is -0.127. The fourth-order valence-corrected chi connectivity index (χ4v) is 3.15. The van der Waals surface area contributed by atoms with Crippen LogP contribution in [0.1, 0.15) is 29.5 Å². The normalized spacial score (nSPS) is 19.0. The van der Waals surface area contributed by atoms with Gasteiger partial charge in [-0.2, -0.15) is 0 Å². The molecule has 25 heavy (non-hydrogen) atoms. The Hall–Kier alpha value is -3.28. The second kappa shape index (κ2) is 5.37. The van der Waals surface area contributed by atoms with Gasteiger partial charge in [0, 0.05) is 11.1 Å². The van der Waals surface area contributed by atoms with Crippen LogP contribution in [0.15, 0.2) is 48.5 Å². The highest BCUT2D eigenvalue weighted by atomic mass is 16.5. The molecular weight excluding hydrogens is 322 g/mol. The summed E-state index contributed by atoms with van der Waals surface area (Å²) in [6, 6.07) is 13.8. The van der Waals surface area contributed by atoms with Gasteiger partial charge in [0.2, 0.25) is 0 Å². The van der Waals surface area contributed by atoms with Crippen LogP contribution in [0.2, 0.25) is 0 Å². The van der Waals surface area contributed by atoms with Crippen molar-refractivity contribution in [1.29, 1.82) is 0 Å². The first-order chi connectivity index (χ1) is 12.0. The number of aliphatic hydroxyl groups is 1. The van der Waals surface area contributed by atoms with Crippen LogP contribution in [0.25, 0.3) is 11.3 Å². The number of fused-ring (bicyclic) bond motifs is 1. The minimum Gasteiger partial charge on any atom is -0.506 e. The smallest absolute Gasteiger partial charge is 0.405 e. The van der Waals surface area contributed by atoms with Crippen LogP contribution in [0.4, 0.5) is 4.79 Å². The number of hydrogen-bond donors (Lipinski definition) is 3. The topological polar surface area (TPSA) is 95.9 Å². The number of ether oxygens (including phenoxy) is 1. The number of para-hydroxylation sites is 1.